The van der Waals surface area contributed by atoms with E-state index in [1.165, 1.54) is 4.90 Å². The highest BCUT2D eigenvalue weighted by Gasteiger charge is 2.18. The number of hydrogen-bond donors (Lipinski definition) is 1. The van der Waals surface area contributed by atoms with Crippen molar-refractivity contribution in [2.45, 2.75) is 26.8 Å². The lowest BCUT2D eigenvalue weighted by atomic mass is 10.2. The predicted octanol–water partition coefficient (Wildman–Crippen LogP) is 2.44. The number of methoxy groups -OCH3 is 1. The molecule has 1 aromatic rings. The van der Waals surface area contributed by atoms with Crippen molar-refractivity contribution in [3.05, 3.63) is 28.2 Å². The first-order valence-corrected chi connectivity index (χ1v) is 7.60. The van der Waals surface area contributed by atoms with Crippen LogP contribution in [0.5, 0.6) is 5.75 Å². The van der Waals surface area contributed by atoms with Crippen LogP contribution in [-0.2, 0) is 4.79 Å². The van der Waals surface area contributed by atoms with Crippen molar-refractivity contribution in [3.8, 4) is 5.75 Å². The molecule has 0 saturated heterocycles. The Balaban J connectivity index is 2.83. The smallest absolute Gasteiger partial charge is 0.254 e. The Morgan fingerprint density at radius 3 is 2.52 bits per heavy atom. The summed E-state index contributed by atoms with van der Waals surface area (Å²) in [6, 6.07) is 5.17. The zero-order valence-electron chi connectivity index (χ0n) is 12.8. The summed E-state index contributed by atoms with van der Waals surface area (Å²) in [5, 5.41) is 2.78. The monoisotopic (exact) mass is 356 g/mol. The highest BCUT2D eigenvalue weighted by atomic mass is 79.9. The molecule has 1 aromatic carbocycles. The van der Waals surface area contributed by atoms with Gasteiger partial charge in [-0.25, -0.2) is 0 Å². The fourth-order valence-electron chi connectivity index (χ4n) is 1.85. The molecule has 0 bridgehead atoms. The van der Waals surface area contributed by atoms with Crippen LogP contribution >= 0.6 is 15.9 Å². The third kappa shape index (κ3) is 5.04. The molecule has 0 heterocycles. The lowest BCUT2D eigenvalue weighted by molar-refractivity contribution is -0.122. The van der Waals surface area contributed by atoms with Crippen molar-refractivity contribution >= 4 is 27.7 Å². The Morgan fingerprint density at radius 1 is 1.38 bits per heavy atom. The minimum Gasteiger partial charge on any atom is -0.496 e. The Morgan fingerprint density at radius 2 is 2.05 bits per heavy atom. The number of carbonyl (C=O) groups is 2. The van der Waals surface area contributed by atoms with E-state index in [0.29, 0.717) is 22.3 Å². The van der Waals surface area contributed by atoms with Crippen LogP contribution in [0.15, 0.2) is 22.7 Å². The summed E-state index contributed by atoms with van der Waals surface area (Å²) in [7, 11) is 1.57. The molecule has 6 heteroatoms. The summed E-state index contributed by atoms with van der Waals surface area (Å²) in [6.45, 7) is 6.14. The van der Waals surface area contributed by atoms with Gasteiger partial charge >= 0.3 is 0 Å². The van der Waals surface area contributed by atoms with E-state index >= 15 is 0 Å². The van der Waals surface area contributed by atoms with Crippen molar-refractivity contribution in [1.29, 1.82) is 0 Å². The van der Waals surface area contributed by atoms with Gasteiger partial charge in [-0.15, -0.1) is 0 Å². The van der Waals surface area contributed by atoms with Crippen molar-refractivity contribution in [3.63, 3.8) is 0 Å². The first kappa shape index (κ1) is 17.5. The van der Waals surface area contributed by atoms with Crippen LogP contribution in [0.2, 0.25) is 0 Å². The topological polar surface area (TPSA) is 58.6 Å². The molecule has 0 aliphatic rings. The number of amides is 2. The Bertz CT molecular complexity index is 518. The zero-order chi connectivity index (χ0) is 16.0. The number of halogens is 1. The number of ether oxygens (including phenoxy) is 1. The Hall–Kier alpha value is -1.56. The van der Waals surface area contributed by atoms with Crippen molar-refractivity contribution in [2.75, 3.05) is 20.2 Å². The molecule has 5 nitrogen and oxygen atoms in total. The quantitative estimate of drug-likeness (QED) is 0.851. The van der Waals surface area contributed by atoms with Crippen molar-refractivity contribution in [1.82, 2.24) is 10.2 Å². The molecular formula is C15H21BrN2O3. The van der Waals surface area contributed by atoms with Gasteiger partial charge in [0.2, 0.25) is 5.91 Å². The summed E-state index contributed by atoms with van der Waals surface area (Å²) in [5.41, 5.74) is 0.516. The minimum atomic E-state index is -0.181. The van der Waals surface area contributed by atoms with Gasteiger partial charge in [-0.2, -0.15) is 0 Å². The van der Waals surface area contributed by atoms with Crippen LogP contribution in [0, 0.1) is 0 Å². The highest BCUT2D eigenvalue weighted by Crippen LogP contribution is 2.26. The molecule has 0 aromatic heterocycles. The number of nitrogens with one attached hydrogen (secondary N) is 1. The average Bonchev–Trinajstić information content (AvgIpc) is 2.43. The van der Waals surface area contributed by atoms with Gasteiger partial charge in [0.15, 0.2) is 0 Å². The van der Waals surface area contributed by atoms with E-state index in [4.69, 9.17) is 4.74 Å². The molecule has 1 N–H and O–H groups in total. The van der Waals surface area contributed by atoms with Crippen LogP contribution < -0.4 is 10.1 Å². The van der Waals surface area contributed by atoms with Gasteiger partial charge in [0.05, 0.1) is 18.1 Å². The molecule has 2 amide bonds. The Kier molecular flexibility index (Phi) is 6.68. The molecule has 0 fully saturated rings. The minimum absolute atomic E-state index is 0.0527. The van der Waals surface area contributed by atoms with Crippen LogP contribution in [0.1, 0.15) is 31.1 Å². The fraction of sp³-hybridized carbons (Fsp3) is 0.467. The molecule has 1 rings (SSSR count). The van der Waals surface area contributed by atoms with Crippen molar-refractivity contribution < 1.29 is 14.3 Å². The van der Waals surface area contributed by atoms with E-state index in [1.807, 2.05) is 20.8 Å². The van der Waals surface area contributed by atoms with Gasteiger partial charge in [-0.1, -0.05) is 0 Å². The average molecular weight is 357 g/mol. The van der Waals surface area contributed by atoms with Gasteiger partial charge in [0.1, 0.15) is 5.75 Å². The summed E-state index contributed by atoms with van der Waals surface area (Å²) in [6.07, 6.45) is 0. The third-order valence-electron chi connectivity index (χ3n) is 2.85. The number of nitrogens with zero attached hydrogens (tertiary/aromatic N) is 1. The van der Waals surface area contributed by atoms with Crippen LogP contribution in [0.4, 0.5) is 0 Å². The van der Waals surface area contributed by atoms with Crippen LogP contribution in [0.25, 0.3) is 0 Å². The molecule has 0 saturated carbocycles. The SMILES string of the molecule is CCN(CC(=O)NC(C)C)C(=O)c1ccc(OC)c(Br)c1. The Labute approximate surface area is 133 Å². The number of hydrogen-bond acceptors (Lipinski definition) is 3. The molecule has 116 valence electrons. The van der Waals surface area contributed by atoms with E-state index in [0.717, 1.165) is 0 Å². The largest absolute Gasteiger partial charge is 0.496 e. The lowest BCUT2D eigenvalue weighted by Crippen LogP contribution is -2.42. The molecule has 0 aliphatic carbocycles. The number of rotatable bonds is 6. The van der Waals surface area contributed by atoms with Crippen molar-refractivity contribution in [2.24, 2.45) is 0 Å². The lowest BCUT2D eigenvalue weighted by Gasteiger charge is -2.21. The molecule has 0 aliphatic heterocycles. The van der Waals surface area contributed by atoms with Crippen LogP contribution in [-0.4, -0.2) is 43.0 Å². The predicted molar refractivity (Wildman–Crippen MR) is 85.6 cm³/mol. The normalized spacial score (nSPS) is 10.4. The van der Waals surface area contributed by atoms with E-state index in [2.05, 4.69) is 21.2 Å². The van der Waals surface area contributed by atoms with Gasteiger partial charge in [0, 0.05) is 18.2 Å². The van der Waals surface area contributed by atoms with Gasteiger partial charge < -0.3 is 15.0 Å². The first-order chi connectivity index (χ1) is 9.88. The summed E-state index contributed by atoms with van der Waals surface area (Å²) >= 11 is 3.36. The second-order valence-electron chi connectivity index (χ2n) is 4.89. The maximum atomic E-state index is 12.4. The van der Waals surface area contributed by atoms with Gasteiger partial charge in [0.25, 0.3) is 5.91 Å². The fourth-order valence-corrected chi connectivity index (χ4v) is 2.39. The summed E-state index contributed by atoms with van der Waals surface area (Å²) in [5.74, 6) is 0.319. The summed E-state index contributed by atoms with van der Waals surface area (Å²) < 4.78 is 5.85. The molecule has 0 radical (unpaired) electrons. The van der Waals surface area contributed by atoms with Crippen LogP contribution in [0.3, 0.4) is 0 Å². The molecule has 21 heavy (non-hydrogen) atoms. The molecule has 0 atom stereocenters. The van der Waals surface area contributed by atoms with E-state index in [1.54, 1.807) is 25.3 Å². The number of carbonyl (C=O) groups excluding carboxylic acids is 2. The molecular weight excluding hydrogens is 336 g/mol. The zero-order valence-corrected chi connectivity index (χ0v) is 14.4. The number of likely N-dealkylation sites (N-methyl/N-ethyl adjacent to an activating group) is 1. The number of benzene rings is 1. The van der Waals surface area contributed by atoms with Gasteiger partial charge in [-0.3, -0.25) is 9.59 Å². The first-order valence-electron chi connectivity index (χ1n) is 6.81. The highest BCUT2D eigenvalue weighted by molar-refractivity contribution is 9.10. The van der Waals surface area contributed by atoms with E-state index in [9.17, 15) is 9.59 Å². The maximum Gasteiger partial charge on any atom is 0.254 e. The van der Waals surface area contributed by atoms with E-state index in [-0.39, 0.29) is 24.4 Å². The third-order valence-corrected chi connectivity index (χ3v) is 3.47. The van der Waals surface area contributed by atoms with Gasteiger partial charge in [-0.05, 0) is 54.9 Å². The molecule has 0 unspecified atom stereocenters. The second kappa shape index (κ2) is 8.02. The maximum absolute atomic E-state index is 12.4. The summed E-state index contributed by atoms with van der Waals surface area (Å²) in [4.78, 5) is 25.7. The second-order valence-corrected chi connectivity index (χ2v) is 5.75. The van der Waals surface area contributed by atoms with E-state index < -0.39 is 0 Å². The standard InChI is InChI=1S/C15H21BrN2O3/c1-5-18(9-14(19)17-10(2)3)15(20)11-6-7-13(21-4)12(16)8-11/h6-8,10H,5,9H2,1-4H3,(H,17,19). The molecule has 0 spiro atoms.